The Morgan fingerprint density at radius 1 is 1.05 bits per heavy atom. The first-order valence-corrected chi connectivity index (χ1v) is 6.16. The lowest BCUT2D eigenvalue weighted by Gasteiger charge is -2.07. The molecule has 1 heterocycles. The van der Waals surface area contributed by atoms with Gasteiger partial charge in [-0.05, 0) is 23.8 Å². The lowest BCUT2D eigenvalue weighted by Crippen LogP contribution is -2.00. The van der Waals surface area contributed by atoms with E-state index in [-0.39, 0.29) is 6.54 Å². The summed E-state index contributed by atoms with van der Waals surface area (Å²) in [7, 11) is 0. The van der Waals surface area contributed by atoms with Crippen molar-refractivity contribution >= 4 is 22.6 Å². The van der Waals surface area contributed by atoms with Crippen LogP contribution in [-0.2, 0) is 6.54 Å². The van der Waals surface area contributed by atoms with E-state index < -0.39 is 17.5 Å². The van der Waals surface area contributed by atoms with Gasteiger partial charge in [0.1, 0.15) is 5.82 Å². The predicted octanol–water partition coefficient (Wildman–Crippen LogP) is 4.16. The number of nitrogens with zero attached hydrogens (tertiary/aromatic N) is 2. The van der Waals surface area contributed by atoms with Crippen LogP contribution in [0.3, 0.4) is 0 Å². The standard InChI is InChI=1S/C14H8ClF3N2/c15-10-2-1-9(16)3-8(10)6-20-7-19-13-4-11(17)12(18)5-14(13)20/h1-5,7H,6H2. The van der Waals surface area contributed by atoms with Gasteiger partial charge in [0.25, 0.3) is 0 Å². The average Bonchev–Trinajstić information content (AvgIpc) is 2.77. The molecule has 0 bridgehead atoms. The van der Waals surface area contributed by atoms with Gasteiger partial charge in [-0.1, -0.05) is 11.6 Å². The molecule has 0 saturated carbocycles. The number of fused-ring (bicyclic) bond motifs is 1. The zero-order valence-electron chi connectivity index (χ0n) is 10.1. The quantitative estimate of drug-likeness (QED) is 0.694. The summed E-state index contributed by atoms with van der Waals surface area (Å²) in [5.74, 6) is -2.32. The van der Waals surface area contributed by atoms with Gasteiger partial charge < -0.3 is 4.57 Å². The highest BCUT2D eigenvalue weighted by Gasteiger charge is 2.10. The SMILES string of the molecule is Fc1ccc(Cl)c(Cn2cnc3cc(F)c(F)cc32)c1. The molecule has 3 aromatic rings. The molecule has 0 N–H and O–H groups in total. The molecule has 102 valence electrons. The minimum atomic E-state index is -0.954. The second-order valence-corrected chi connectivity index (χ2v) is 4.77. The maximum Gasteiger partial charge on any atom is 0.161 e. The van der Waals surface area contributed by atoms with Gasteiger partial charge in [0.15, 0.2) is 11.6 Å². The molecule has 0 aliphatic carbocycles. The van der Waals surface area contributed by atoms with Crippen molar-refractivity contribution in [2.45, 2.75) is 6.54 Å². The summed E-state index contributed by atoms with van der Waals surface area (Å²) < 4.78 is 41.2. The Hall–Kier alpha value is -2.01. The number of hydrogen-bond donors (Lipinski definition) is 0. The number of aromatic nitrogens is 2. The summed E-state index contributed by atoms with van der Waals surface area (Å²) in [4.78, 5) is 3.99. The molecule has 0 aliphatic heterocycles. The van der Waals surface area contributed by atoms with Crippen LogP contribution in [0, 0.1) is 17.5 Å². The zero-order valence-corrected chi connectivity index (χ0v) is 10.8. The van der Waals surface area contributed by atoms with Gasteiger partial charge in [-0.15, -0.1) is 0 Å². The van der Waals surface area contributed by atoms with Gasteiger partial charge in [-0.3, -0.25) is 0 Å². The number of halogens is 4. The molecule has 0 atom stereocenters. The second-order valence-electron chi connectivity index (χ2n) is 4.36. The number of benzene rings is 2. The van der Waals surface area contributed by atoms with E-state index in [0.29, 0.717) is 21.6 Å². The Balaban J connectivity index is 2.07. The van der Waals surface area contributed by atoms with Crippen LogP contribution in [0.4, 0.5) is 13.2 Å². The van der Waals surface area contributed by atoms with E-state index in [2.05, 4.69) is 4.98 Å². The van der Waals surface area contributed by atoms with Crippen molar-refractivity contribution in [2.24, 2.45) is 0 Å². The molecule has 0 saturated heterocycles. The maximum atomic E-state index is 13.3. The molecule has 2 aromatic carbocycles. The lowest BCUT2D eigenvalue weighted by molar-refractivity contribution is 0.510. The molecule has 0 radical (unpaired) electrons. The molecule has 0 aliphatic rings. The number of hydrogen-bond acceptors (Lipinski definition) is 1. The molecule has 3 rings (SSSR count). The fourth-order valence-electron chi connectivity index (χ4n) is 2.03. The zero-order chi connectivity index (χ0) is 14.3. The van der Waals surface area contributed by atoms with Crippen molar-refractivity contribution in [2.75, 3.05) is 0 Å². The van der Waals surface area contributed by atoms with Crippen molar-refractivity contribution in [3.63, 3.8) is 0 Å². The van der Waals surface area contributed by atoms with Crippen LogP contribution in [0.1, 0.15) is 5.56 Å². The molecular weight excluding hydrogens is 289 g/mol. The third-order valence-corrected chi connectivity index (χ3v) is 3.38. The van der Waals surface area contributed by atoms with Gasteiger partial charge in [-0.2, -0.15) is 0 Å². The summed E-state index contributed by atoms with van der Waals surface area (Å²) in [5.41, 5.74) is 1.29. The molecule has 0 unspecified atom stereocenters. The molecule has 0 fully saturated rings. The third kappa shape index (κ3) is 2.25. The molecule has 20 heavy (non-hydrogen) atoms. The first kappa shape index (κ1) is 13.0. The fraction of sp³-hybridized carbons (Fsp3) is 0.0714. The Labute approximate surface area is 117 Å². The van der Waals surface area contributed by atoms with E-state index in [1.807, 2.05) is 0 Å². The summed E-state index contributed by atoms with van der Waals surface area (Å²) in [6, 6.07) is 6.09. The van der Waals surface area contributed by atoms with Gasteiger partial charge in [-0.25, -0.2) is 18.2 Å². The van der Waals surface area contributed by atoms with Gasteiger partial charge >= 0.3 is 0 Å². The minimum absolute atomic E-state index is 0.220. The van der Waals surface area contributed by atoms with E-state index in [1.54, 1.807) is 4.57 Å². The van der Waals surface area contributed by atoms with E-state index in [1.165, 1.54) is 24.5 Å². The number of rotatable bonds is 2. The van der Waals surface area contributed by atoms with Crippen molar-refractivity contribution in [1.29, 1.82) is 0 Å². The highest BCUT2D eigenvalue weighted by atomic mass is 35.5. The molecular formula is C14H8ClF3N2. The fourth-order valence-corrected chi connectivity index (χ4v) is 2.20. The normalized spacial score (nSPS) is 11.2. The summed E-state index contributed by atoms with van der Waals surface area (Å²) in [5, 5.41) is 0.399. The number of imidazole rings is 1. The Kier molecular flexibility index (Phi) is 3.14. The van der Waals surface area contributed by atoms with Crippen molar-refractivity contribution in [1.82, 2.24) is 9.55 Å². The monoisotopic (exact) mass is 296 g/mol. The smallest absolute Gasteiger partial charge is 0.161 e. The summed E-state index contributed by atoms with van der Waals surface area (Å²) in [6.07, 6.45) is 1.44. The second kappa shape index (κ2) is 4.83. The van der Waals surface area contributed by atoms with Crippen LogP contribution in [0.2, 0.25) is 5.02 Å². The highest BCUT2D eigenvalue weighted by molar-refractivity contribution is 6.31. The Bertz CT molecular complexity index is 798. The lowest BCUT2D eigenvalue weighted by atomic mass is 10.2. The largest absolute Gasteiger partial charge is 0.326 e. The van der Waals surface area contributed by atoms with Crippen LogP contribution in [0.5, 0.6) is 0 Å². The maximum absolute atomic E-state index is 13.3. The Morgan fingerprint density at radius 2 is 1.80 bits per heavy atom. The van der Waals surface area contributed by atoms with E-state index >= 15 is 0 Å². The van der Waals surface area contributed by atoms with Gasteiger partial charge in [0.05, 0.1) is 23.9 Å². The third-order valence-electron chi connectivity index (χ3n) is 3.01. The minimum Gasteiger partial charge on any atom is -0.326 e. The predicted molar refractivity (Wildman–Crippen MR) is 70.2 cm³/mol. The van der Waals surface area contributed by atoms with Crippen LogP contribution in [-0.4, -0.2) is 9.55 Å². The average molecular weight is 297 g/mol. The first-order valence-electron chi connectivity index (χ1n) is 5.78. The van der Waals surface area contributed by atoms with Crippen molar-refractivity contribution in [3.05, 3.63) is 64.7 Å². The van der Waals surface area contributed by atoms with Crippen molar-refractivity contribution in [3.8, 4) is 0 Å². The molecule has 0 spiro atoms. The topological polar surface area (TPSA) is 17.8 Å². The van der Waals surface area contributed by atoms with Gasteiger partial charge in [0.2, 0.25) is 0 Å². The summed E-state index contributed by atoms with van der Waals surface area (Å²) >= 11 is 5.99. The van der Waals surface area contributed by atoms with Crippen molar-refractivity contribution < 1.29 is 13.2 Å². The molecule has 0 amide bonds. The Morgan fingerprint density at radius 3 is 2.60 bits per heavy atom. The van der Waals surface area contributed by atoms with E-state index in [9.17, 15) is 13.2 Å². The first-order chi connectivity index (χ1) is 9.54. The van der Waals surface area contributed by atoms with Crippen LogP contribution in [0.15, 0.2) is 36.7 Å². The summed E-state index contributed by atoms with van der Waals surface area (Å²) in [6.45, 7) is 0.220. The molecule has 2 nitrogen and oxygen atoms in total. The van der Waals surface area contributed by atoms with E-state index in [4.69, 9.17) is 11.6 Å². The van der Waals surface area contributed by atoms with E-state index in [0.717, 1.165) is 12.1 Å². The molecule has 6 heteroatoms. The van der Waals surface area contributed by atoms with Crippen LogP contribution in [0.25, 0.3) is 11.0 Å². The van der Waals surface area contributed by atoms with Crippen LogP contribution < -0.4 is 0 Å². The highest BCUT2D eigenvalue weighted by Crippen LogP contribution is 2.22. The van der Waals surface area contributed by atoms with Gasteiger partial charge in [0, 0.05) is 17.2 Å². The van der Waals surface area contributed by atoms with Crippen LogP contribution >= 0.6 is 11.6 Å². The molecule has 1 aromatic heterocycles.